The number of rotatable bonds is 7. The van der Waals surface area contributed by atoms with Gasteiger partial charge in [0.1, 0.15) is 5.52 Å². The quantitative estimate of drug-likeness (QED) is 0.587. The molecule has 1 N–H and O–H groups in total. The zero-order valence-corrected chi connectivity index (χ0v) is 16.1. The van der Waals surface area contributed by atoms with E-state index in [1.54, 1.807) is 48.5 Å². The Hall–Kier alpha value is -2.91. The summed E-state index contributed by atoms with van der Waals surface area (Å²) in [7, 11) is 0. The van der Waals surface area contributed by atoms with Crippen molar-refractivity contribution in [2.75, 3.05) is 16.8 Å². The Morgan fingerprint density at radius 2 is 1.86 bits per heavy atom. The van der Waals surface area contributed by atoms with E-state index in [0.717, 1.165) is 16.4 Å². The van der Waals surface area contributed by atoms with Crippen LogP contribution in [-0.4, -0.2) is 38.4 Å². The second kappa shape index (κ2) is 9.34. The molecule has 0 saturated carbocycles. The third-order valence-corrected chi connectivity index (χ3v) is 4.72. The van der Waals surface area contributed by atoms with Gasteiger partial charge in [0.2, 0.25) is 5.91 Å². The van der Waals surface area contributed by atoms with Crippen LogP contribution in [0.1, 0.15) is 0 Å². The lowest BCUT2D eigenvalue weighted by Crippen LogP contribution is -2.27. The van der Waals surface area contributed by atoms with Crippen LogP contribution in [0.15, 0.2) is 53.3 Å². The number of esters is 1. The lowest BCUT2D eigenvalue weighted by Gasteiger charge is -2.07. The number of ether oxygens (including phenoxy) is 1. The Kier molecular flexibility index (Phi) is 6.62. The molecule has 144 valence electrons. The summed E-state index contributed by atoms with van der Waals surface area (Å²) in [6.45, 7) is -0.340. The number of nitrogens with one attached hydrogen (secondary N) is 1. The summed E-state index contributed by atoms with van der Waals surface area (Å²) in [6.07, 6.45) is 0. The van der Waals surface area contributed by atoms with Crippen molar-refractivity contribution in [1.82, 2.24) is 15.0 Å². The number of hydrogen-bond acceptors (Lipinski definition) is 7. The van der Waals surface area contributed by atoms with Crippen LogP contribution in [0.4, 0.5) is 5.69 Å². The van der Waals surface area contributed by atoms with Crippen LogP contribution >= 0.6 is 23.4 Å². The molecule has 0 aliphatic heterocycles. The molecule has 1 heterocycles. The number of benzene rings is 2. The highest BCUT2D eigenvalue weighted by Gasteiger charge is 2.10. The molecule has 0 unspecified atom stereocenters. The lowest BCUT2D eigenvalue weighted by atomic mass is 10.2. The van der Waals surface area contributed by atoms with Crippen LogP contribution in [-0.2, 0) is 21.1 Å². The van der Waals surface area contributed by atoms with Gasteiger partial charge < -0.3 is 10.1 Å². The molecular weight excluding hydrogens is 404 g/mol. The molecule has 1 amide bonds. The first kappa shape index (κ1) is 19.8. The van der Waals surface area contributed by atoms with Crippen molar-refractivity contribution in [2.24, 2.45) is 0 Å². The second-order valence-electron chi connectivity index (χ2n) is 5.60. The fraction of sp³-hybridized carbons (Fsp3) is 0.167. The van der Waals surface area contributed by atoms with Gasteiger partial charge >= 0.3 is 5.97 Å². The molecule has 3 rings (SSSR count). The number of amides is 1. The molecule has 2 aromatic carbocycles. The van der Waals surface area contributed by atoms with Gasteiger partial charge in [-0.25, -0.2) is 0 Å². The maximum Gasteiger partial charge on any atom is 0.317 e. The molecule has 10 heteroatoms. The van der Waals surface area contributed by atoms with Crippen LogP contribution < -0.4 is 10.9 Å². The van der Waals surface area contributed by atoms with E-state index in [0.29, 0.717) is 21.6 Å². The van der Waals surface area contributed by atoms with E-state index < -0.39 is 11.5 Å². The van der Waals surface area contributed by atoms with Gasteiger partial charge in [0.15, 0.2) is 6.73 Å². The molecule has 0 aliphatic carbocycles. The Balaban J connectivity index is 1.43. The van der Waals surface area contributed by atoms with Gasteiger partial charge in [0, 0.05) is 10.7 Å². The topological polar surface area (TPSA) is 103 Å². The standard InChI is InChI=1S/C18H15ClN4O4S/c19-12-5-7-13(8-6-12)20-16(24)9-28-10-17(25)27-11-23-18(26)14-3-1-2-4-15(14)21-22-23/h1-8H,9-11H2,(H,20,24). The zero-order chi connectivity index (χ0) is 19.9. The fourth-order valence-corrected chi connectivity index (χ4v) is 2.98. The molecule has 3 aromatic rings. The lowest BCUT2D eigenvalue weighted by molar-refractivity contribution is -0.144. The summed E-state index contributed by atoms with van der Waals surface area (Å²) in [6, 6.07) is 13.5. The van der Waals surface area contributed by atoms with Crippen molar-refractivity contribution in [3.05, 3.63) is 63.9 Å². The molecule has 0 saturated heterocycles. The van der Waals surface area contributed by atoms with E-state index in [1.807, 2.05) is 0 Å². The summed E-state index contributed by atoms with van der Waals surface area (Å²) >= 11 is 6.88. The first-order chi connectivity index (χ1) is 13.5. The normalized spacial score (nSPS) is 10.6. The molecule has 1 aromatic heterocycles. The Morgan fingerprint density at radius 3 is 2.64 bits per heavy atom. The largest absolute Gasteiger partial charge is 0.442 e. The summed E-state index contributed by atoms with van der Waals surface area (Å²) in [5, 5.41) is 11.3. The van der Waals surface area contributed by atoms with Gasteiger partial charge in [0.25, 0.3) is 5.56 Å². The average molecular weight is 419 g/mol. The number of aromatic nitrogens is 3. The van der Waals surface area contributed by atoms with Crippen molar-refractivity contribution in [3.8, 4) is 0 Å². The van der Waals surface area contributed by atoms with Gasteiger partial charge in [-0.15, -0.1) is 16.9 Å². The summed E-state index contributed by atoms with van der Waals surface area (Å²) in [5.74, 6) is -0.778. The Morgan fingerprint density at radius 1 is 1.11 bits per heavy atom. The van der Waals surface area contributed by atoms with Gasteiger partial charge in [0.05, 0.1) is 16.9 Å². The highest BCUT2D eigenvalue weighted by molar-refractivity contribution is 8.00. The first-order valence-electron chi connectivity index (χ1n) is 8.14. The van der Waals surface area contributed by atoms with E-state index in [-0.39, 0.29) is 24.1 Å². The number of nitrogens with zero attached hydrogens (tertiary/aromatic N) is 3. The van der Waals surface area contributed by atoms with Gasteiger partial charge in [-0.1, -0.05) is 28.9 Å². The minimum Gasteiger partial charge on any atom is -0.442 e. The summed E-state index contributed by atoms with van der Waals surface area (Å²) in [5.41, 5.74) is 0.692. The number of hydrogen-bond donors (Lipinski definition) is 1. The maximum atomic E-state index is 12.2. The highest BCUT2D eigenvalue weighted by Crippen LogP contribution is 2.14. The van der Waals surface area contributed by atoms with Crippen LogP contribution in [0, 0.1) is 0 Å². The van der Waals surface area contributed by atoms with Crippen molar-refractivity contribution in [2.45, 2.75) is 6.73 Å². The molecule has 0 spiro atoms. The summed E-state index contributed by atoms with van der Waals surface area (Å²) in [4.78, 5) is 35.9. The second-order valence-corrected chi connectivity index (χ2v) is 7.03. The minimum atomic E-state index is -0.564. The van der Waals surface area contributed by atoms with Crippen LogP contribution in [0.3, 0.4) is 0 Å². The predicted molar refractivity (Wildman–Crippen MR) is 107 cm³/mol. The van der Waals surface area contributed by atoms with E-state index in [9.17, 15) is 14.4 Å². The molecule has 28 heavy (non-hydrogen) atoms. The van der Waals surface area contributed by atoms with Crippen LogP contribution in [0.5, 0.6) is 0 Å². The number of carbonyl (C=O) groups excluding carboxylic acids is 2. The molecule has 0 aliphatic rings. The van der Waals surface area contributed by atoms with Gasteiger partial charge in [-0.2, -0.15) is 4.68 Å². The number of fused-ring (bicyclic) bond motifs is 1. The third-order valence-electron chi connectivity index (χ3n) is 3.56. The number of anilines is 1. The van der Waals surface area contributed by atoms with Gasteiger partial charge in [-0.05, 0) is 36.4 Å². The summed E-state index contributed by atoms with van der Waals surface area (Å²) < 4.78 is 6.00. The van der Waals surface area contributed by atoms with Crippen molar-refractivity contribution in [1.29, 1.82) is 0 Å². The van der Waals surface area contributed by atoms with Crippen LogP contribution in [0.25, 0.3) is 10.9 Å². The van der Waals surface area contributed by atoms with Crippen molar-refractivity contribution >= 4 is 51.8 Å². The van der Waals surface area contributed by atoms with Gasteiger partial charge in [-0.3, -0.25) is 14.4 Å². The van der Waals surface area contributed by atoms with E-state index in [4.69, 9.17) is 16.3 Å². The molecule has 0 fully saturated rings. The highest BCUT2D eigenvalue weighted by atomic mass is 35.5. The number of carbonyl (C=O) groups is 2. The smallest absolute Gasteiger partial charge is 0.317 e. The zero-order valence-electron chi connectivity index (χ0n) is 14.5. The van der Waals surface area contributed by atoms with E-state index >= 15 is 0 Å². The van der Waals surface area contributed by atoms with Crippen LogP contribution in [0.2, 0.25) is 5.02 Å². The molecule has 0 radical (unpaired) electrons. The average Bonchev–Trinajstić information content (AvgIpc) is 2.69. The Labute approximate surface area is 168 Å². The molecular formula is C18H15ClN4O4S. The van der Waals surface area contributed by atoms with E-state index in [2.05, 4.69) is 15.6 Å². The fourth-order valence-electron chi connectivity index (χ4n) is 2.24. The third kappa shape index (κ3) is 5.30. The number of thioether (sulfide) groups is 1. The number of halogens is 1. The van der Waals surface area contributed by atoms with E-state index in [1.165, 1.54) is 0 Å². The first-order valence-corrected chi connectivity index (χ1v) is 9.67. The molecule has 0 atom stereocenters. The molecule has 0 bridgehead atoms. The maximum absolute atomic E-state index is 12.2. The van der Waals surface area contributed by atoms with Crippen molar-refractivity contribution in [3.63, 3.8) is 0 Å². The predicted octanol–water partition coefficient (Wildman–Crippen LogP) is 2.32. The Bertz CT molecular complexity index is 1060. The SMILES string of the molecule is O=C(CSCC(=O)OCn1nnc2ccccc2c1=O)Nc1ccc(Cl)cc1. The minimum absolute atomic E-state index is 0.0379. The molecule has 8 nitrogen and oxygen atoms in total. The monoisotopic (exact) mass is 418 g/mol. The van der Waals surface area contributed by atoms with Crippen molar-refractivity contribution < 1.29 is 14.3 Å².